The van der Waals surface area contributed by atoms with E-state index in [2.05, 4.69) is 14.4 Å². The highest BCUT2D eigenvalue weighted by molar-refractivity contribution is 7.90. The molecule has 0 spiro atoms. The van der Waals surface area contributed by atoms with Crippen LogP contribution in [0, 0.1) is 11.8 Å². The molecule has 0 aromatic carbocycles. The molecule has 2 atom stereocenters. The molecule has 6 nitrogen and oxygen atoms in total. The number of pyridine rings is 1. The zero-order chi connectivity index (χ0) is 14.6. The predicted molar refractivity (Wildman–Crippen MR) is 79.4 cm³/mol. The molecule has 112 valence electrons. The van der Waals surface area contributed by atoms with Gasteiger partial charge in [0, 0.05) is 25.5 Å². The first-order chi connectivity index (χ1) is 10.1. The summed E-state index contributed by atoms with van der Waals surface area (Å²) in [6, 6.07) is 1.76. The van der Waals surface area contributed by atoms with Crippen molar-refractivity contribution in [3.05, 3.63) is 18.5 Å². The first-order valence-corrected chi connectivity index (χ1v) is 8.81. The van der Waals surface area contributed by atoms with Crippen molar-refractivity contribution in [1.29, 1.82) is 0 Å². The molecule has 0 radical (unpaired) electrons. The van der Waals surface area contributed by atoms with E-state index in [9.17, 15) is 8.42 Å². The van der Waals surface area contributed by atoms with Gasteiger partial charge in [0.25, 0.3) is 10.0 Å². The average molecular weight is 306 g/mol. The summed E-state index contributed by atoms with van der Waals surface area (Å²) in [7, 11) is -3.62. The molecule has 7 heteroatoms. The fraction of sp³-hybridized carbons (Fsp3) is 0.571. The Kier molecular flexibility index (Phi) is 2.84. The van der Waals surface area contributed by atoms with Crippen LogP contribution < -0.4 is 5.01 Å². The minimum atomic E-state index is -3.62. The van der Waals surface area contributed by atoms with Gasteiger partial charge in [0.1, 0.15) is 10.7 Å². The number of amidine groups is 1. The summed E-state index contributed by atoms with van der Waals surface area (Å²) in [6.07, 6.45) is 6.92. The topological polar surface area (TPSA) is 65.9 Å². The summed E-state index contributed by atoms with van der Waals surface area (Å²) in [6.45, 7) is 3.73. The van der Waals surface area contributed by atoms with Crippen molar-refractivity contribution < 1.29 is 8.42 Å². The Bertz CT molecular complexity index is 703. The Morgan fingerprint density at radius 2 is 1.95 bits per heavy atom. The van der Waals surface area contributed by atoms with Gasteiger partial charge in [0.2, 0.25) is 0 Å². The lowest BCUT2D eigenvalue weighted by molar-refractivity contribution is 0.321. The lowest BCUT2D eigenvalue weighted by Gasteiger charge is -2.36. The maximum Gasteiger partial charge on any atom is 0.287 e. The quantitative estimate of drug-likeness (QED) is 0.789. The summed E-state index contributed by atoms with van der Waals surface area (Å²) >= 11 is 0. The number of rotatable bonds is 1. The highest BCUT2D eigenvalue weighted by atomic mass is 32.2. The van der Waals surface area contributed by atoms with E-state index < -0.39 is 10.0 Å². The van der Waals surface area contributed by atoms with E-state index in [1.54, 1.807) is 19.2 Å². The van der Waals surface area contributed by atoms with Crippen LogP contribution in [0.3, 0.4) is 0 Å². The van der Waals surface area contributed by atoms with Crippen LogP contribution in [-0.4, -0.2) is 37.3 Å². The summed E-state index contributed by atoms with van der Waals surface area (Å²) in [5.74, 6) is 2.00. The van der Waals surface area contributed by atoms with E-state index in [4.69, 9.17) is 0 Å². The number of nitrogens with zero attached hydrogens (tertiary/aromatic N) is 4. The van der Waals surface area contributed by atoms with E-state index in [0.717, 1.165) is 24.9 Å². The van der Waals surface area contributed by atoms with Gasteiger partial charge < -0.3 is 0 Å². The molecule has 4 rings (SSSR count). The van der Waals surface area contributed by atoms with Gasteiger partial charge in [0.15, 0.2) is 0 Å². The van der Waals surface area contributed by atoms with Crippen LogP contribution >= 0.6 is 0 Å². The first kappa shape index (κ1) is 13.2. The fourth-order valence-corrected chi connectivity index (χ4v) is 5.05. The Morgan fingerprint density at radius 1 is 1.24 bits per heavy atom. The predicted octanol–water partition coefficient (Wildman–Crippen LogP) is 1.66. The van der Waals surface area contributed by atoms with Crippen molar-refractivity contribution >= 4 is 21.5 Å². The van der Waals surface area contributed by atoms with Crippen LogP contribution in [0.4, 0.5) is 5.69 Å². The smallest absolute Gasteiger partial charge is 0.263 e. The van der Waals surface area contributed by atoms with Gasteiger partial charge in [-0.15, -0.1) is 4.40 Å². The van der Waals surface area contributed by atoms with Crippen molar-refractivity contribution in [1.82, 2.24) is 9.99 Å². The molecule has 3 aliphatic rings. The second-order valence-corrected chi connectivity index (χ2v) is 7.66. The SMILES string of the molecule is CC1=NS(=O)(=O)c2cnccc2N1N1CC2CCCC2C1. The Morgan fingerprint density at radius 3 is 2.67 bits per heavy atom. The zero-order valence-corrected chi connectivity index (χ0v) is 12.8. The molecule has 0 amide bonds. The molecule has 0 N–H and O–H groups in total. The van der Waals surface area contributed by atoms with Crippen LogP contribution in [0.15, 0.2) is 27.8 Å². The van der Waals surface area contributed by atoms with E-state index >= 15 is 0 Å². The summed E-state index contributed by atoms with van der Waals surface area (Å²) in [5.41, 5.74) is 0.678. The average Bonchev–Trinajstić information content (AvgIpc) is 2.99. The van der Waals surface area contributed by atoms with E-state index in [-0.39, 0.29) is 4.90 Å². The molecule has 1 saturated carbocycles. The van der Waals surface area contributed by atoms with Crippen LogP contribution in [0.1, 0.15) is 26.2 Å². The molecule has 2 unspecified atom stereocenters. The molecule has 1 aromatic rings. The van der Waals surface area contributed by atoms with Crippen molar-refractivity contribution in [3.8, 4) is 0 Å². The lowest BCUT2D eigenvalue weighted by Crippen LogP contribution is -2.47. The van der Waals surface area contributed by atoms with Crippen LogP contribution in [0.25, 0.3) is 0 Å². The van der Waals surface area contributed by atoms with E-state index in [0.29, 0.717) is 11.5 Å². The third-order valence-electron chi connectivity index (χ3n) is 4.82. The van der Waals surface area contributed by atoms with Gasteiger partial charge in [-0.05, 0) is 37.7 Å². The summed E-state index contributed by atoms with van der Waals surface area (Å²) in [5, 5.41) is 4.22. The largest absolute Gasteiger partial charge is 0.287 e. The fourth-order valence-electron chi connectivity index (χ4n) is 3.91. The molecule has 3 heterocycles. The third-order valence-corrected chi connectivity index (χ3v) is 6.19. The van der Waals surface area contributed by atoms with Gasteiger partial charge in [-0.3, -0.25) is 9.99 Å². The zero-order valence-electron chi connectivity index (χ0n) is 11.9. The number of hydrazine groups is 1. The van der Waals surface area contributed by atoms with E-state index in [1.165, 1.54) is 25.5 Å². The van der Waals surface area contributed by atoms with Crippen LogP contribution in [0.2, 0.25) is 0 Å². The second-order valence-electron chi connectivity index (χ2n) is 6.09. The van der Waals surface area contributed by atoms with Gasteiger partial charge in [0.05, 0.1) is 5.69 Å². The number of hydrogen-bond donors (Lipinski definition) is 0. The number of fused-ring (bicyclic) bond motifs is 2. The molecule has 1 aromatic heterocycles. The second kappa shape index (κ2) is 4.51. The molecule has 2 aliphatic heterocycles. The Hall–Kier alpha value is -1.47. The highest BCUT2D eigenvalue weighted by Crippen LogP contribution is 2.41. The first-order valence-electron chi connectivity index (χ1n) is 7.37. The van der Waals surface area contributed by atoms with Crippen molar-refractivity contribution in [2.24, 2.45) is 16.2 Å². The van der Waals surface area contributed by atoms with Crippen molar-refractivity contribution in [3.63, 3.8) is 0 Å². The van der Waals surface area contributed by atoms with Gasteiger partial charge in [-0.1, -0.05) is 6.42 Å². The van der Waals surface area contributed by atoms with Gasteiger partial charge in [-0.25, -0.2) is 5.01 Å². The summed E-state index contributed by atoms with van der Waals surface area (Å²) < 4.78 is 28.2. The number of sulfonamides is 1. The van der Waals surface area contributed by atoms with Crippen molar-refractivity contribution in [2.45, 2.75) is 31.1 Å². The third kappa shape index (κ3) is 1.98. The Labute approximate surface area is 124 Å². The standard InChI is InChI=1S/C14H18N4O2S/c1-10-16-21(19,20)14-7-15-6-5-13(14)18(10)17-8-11-3-2-4-12(11)9-17/h5-7,11-12H,2-4,8-9H2,1H3. The monoisotopic (exact) mass is 306 g/mol. The summed E-state index contributed by atoms with van der Waals surface area (Å²) in [4.78, 5) is 4.14. The molecule has 21 heavy (non-hydrogen) atoms. The van der Waals surface area contributed by atoms with Crippen LogP contribution in [-0.2, 0) is 10.0 Å². The van der Waals surface area contributed by atoms with Gasteiger partial charge in [-0.2, -0.15) is 8.42 Å². The Balaban J connectivity index is 1.76. The number of anilines is 1. The molecule has 0 bridgehead atoms. The van der Waals surface area contributed by atoms with Crippen molar-refractivity contribution in [2.75, 3.05) is 18.1 Å². The molecule has 1 aliphatic carbocycles. The maximum atomic E-state index is 12.2. The van der Waals surface area contributed by atoms with Crippen LogP contribution in [0.5, 0.6) is 0 Å². The molecular weight excluding hydrogens is 288 g/mol. The molecular formula is C14H18N4O2S. The number of aromatic nitrogens is 1. The molecule has 2 fully saturated rings. The minimum absolute atomic E-state index is 0.202. The normalized spacial score (nSPS) is 30.9. The molecule has 1 saturated heterocycles. The highest BCUT2D eigenvalue weighted by Gasteiger charge is 2.41. The number of hydrogen-bond acceptors (Lipinski definition) is 5. The lowest BCUT2D eigenvalue weighted by atomic mass is 10.0. The maximum absolute atomic E-state index is 12.2. The minimum Gasteiger partial charge on any atom is -0.263 e. The van der Waals surface area contributed by atoms with Gasteiger partial charge >= 0.3 is 0 Å². The van der Waals surface area contributed by atoms with E-state index in [1.807, 2.05) is 5.01 Å².